The van der Waals surface area contributed by atoms with Gasteiger partial charge in [0.05, 0.1) is 23.9 Å². The number of amides is 1. The van der Waals surface area contributed by atoms with E-state index in [4.69, 9.17) is 4.74 Å². The van der Waals surface area contributed by atoms with Gasteiger partial charge in [-0.2, -0.15) is 13.2 Å². The summed E-state index contributed by atoms with van der Waals surface area (Å²) >= 11 is 0. The Bertz CT molecular complexity index is 1190. The second-order valence-corrected chi connectivity index (χ2v) is 7.99. The van der Waals surface area contributed by atoms with Gasteiger partial charge in [0.1, 0.15) is 12.4 Å². The summed E-state index contributed by atoms with van der Waals surface area (Å²) in [4.78, 5) is 12.7. The van der Waals surface area contributed by atoms with Crippen molar-refractivity contribution in [3.05, 3.63) is 78.3 Å². The standard InChI is InChI=1S/C24H22F4N4O2/c1-15-9-18(12-29-15)23(33)30-22-11-21(32(31-22)20-7-5-19(25)6-8-20)17-4-2-3-16(10-17)13-34-14-24(26,27)28/h2-8,10-11,18,29H,1,9,12-14H2,(H,30,31,33)/t18-/m0/s1. The van der Waals surface area contributed by atoms with Gasteiger partial charge in [0.25, 0.3) is 0 Å². The molecule has 34 heavy (non-hydrogen) atoms. The van der Waals surface area contributed by atoms with Crippen LogP contribution in [0.5, 0.6) is 0 Å². The van der Waals surface area contributed by atoms with Gasteiger partial charge >= 0.3 is 6.18 Å². The predicted octanol–water partition coefficient (Wildman–Crippen LogP) is 4.82. The van der Waals surface area contributed by atoms with Gasteiger partial charge in [-0.3, -0.25) is 4.79 Å². The van der Waals surface area contributed by atoms with Crippen molar-refractivity contribution in [1.82, 2.24) is 15.1 Å². The molecule has 0 unspecified atom stereocenters. The van der Waals surface area contributed by atoms with Gasteiger partial charge in [-0.25, -0.2) is 9.07 Å². The second-order valence-electron chi connectivity index (χ2n) is 7.99. The van der Waals surface area contributed by atoms with Crippen molar-refractivity contribution in [3.63, 3.8) is 0 Å². The highest BCUT2D eigenvalue weighted by Crippen LogP contribution is 2.28. The van der Waals surface area contributed by atoms with Crippen molar-refractivity contribution in [2.24, 2.45) is 5.92 Å². The highest BCUT2D eigenvalue weighted by Gasteiger charge is 2.27. The highest BCUT2D eigenvalue weighted by molar-refractivity contribution is 5.93. The molecule has 6 nitrogen and oxygen atoms in total. The smallest absolute Gasteiger partial charge is 0.388 e. The lowest BCUT2D eigenvalue weighted by molar-refractivity contribution is -0.176. The summed E-state index contributed by atoms with van der Waals surface area (Å²) in [7, 11) is 0. The van der Waals surface area contributed by atoms with Crippen LogP contribution in [0.4, 0.5) is 23.4 Å². The van der Waals surface area contributed by atoms with Gasteiger partial charge in [-0.1, -0.05) is 24.8 Å². The van der Waals surface area contributed by atoms with E-state index in [-0.39, 0.29) is 18.4 Å². The maximum absolute atomic E-state index is 13.5. The Kier molecular flexibility index (Phi) is 6.69. The van der Waals surface area contributed by atoms with Crippen LogP contribution in [-0.4, -0.2) is 35.0 Å². The molecule has 1 atom stereocenters. The monoisotopic (exact) mass is 474 g/mol. The van der Waals surface area contributed by atoms with E-state index < -0.39 is 18.6 Å². The Labute approximate surface area is 193 Å². The molecule has 2 heterocycles. The van der Waals surface area contributed by atoms with Crippen LogP contribution in [0.2, 0.25) is 0 Å². The van der Waals surface area contributed by atoms with Gasteiger partial charge < -0.3 is 15.4 Å². The molecule has 2 aromatic carbocycles. The van der Waals surface area contributed by atoms with Crippen LogP contribution in [0.25, 0.3) is 16.9 Å². The quantitative estimate of drug-likeness (QED) is 0.482. The highest BCUT2D eigenvalue weighted by atomic mass is 19.4. The van der Waals surface area contributed by atoms with E-state index in [1.807, 2.05) is 0 Å². The maximum atomic E-state index is 13.5. The molecule has 0 spiro atoms. The average molecular weight is 474 g/mol. The number of hydrogen-bond donors (Lipinski definition) is 2. The number of rotatable bonds is 7. The lowest BCUT2D eigenvalue weighted by Crippen LogP contribution is -2.24. The first-order valence-corrected chi connectivity index (χ1v) is 10.5. The molecular formula is C24H22F4N4O2. The van der Waals surface area contributed by atoms with E-state index in [9.17, 15) is 22.4 Å². The Morgan fingerprint density at radius 1 is 1.21 bits per heavy atom. The van der Waals surface area contributed by atoms with Crippen LogP contribution < -0.4 is 10.6 Å². The Hall–Kier alpha value is -3.66. The van der Waals surface area contributed by atoms with Crippen molar-refractivity contribution < 1.29 is 27.1 Å². The number of benzene rings is 2. The molecule has 178 valence electrons. The fourth-order valence-corrected chi connectivity index (χ4v) is 3.65. The molecule has 3 aromatic rings. The molecule has 2 N–H and O–H groups in total. The van der Waals surface area contributed by atoms with Crippen LogP contribution in [0.1, 0.15) is 12.0 Å². The topological polar surface area (TPSA) is 68.2 Å². The van der Waals surface area contributed by atoms with E-state index in [2.05, 4.69) is 22.3 Å². The maximum Gasteiger partial charge on any atom is 0.411 e. The van der Waals surface area contributed by atoms with Gasteiger partial charge in [0.2, 0.25) is 5.91 Å². The number of alkyl halides is 3. The first kappa shape index (κ1) is 23.5. The van der Waals surface area contributed by atoms with Gasteiger partial charge in [0.15, 0.2) is 5.82 Å². The zero-order valence-electron chi connectivity index (χ0n) is 18.0. The predicted molar refractivity (Wildman–Crippen MR) is 119 cm³/mol. The fourth-order valence-electron chi connectivity index (χ4n) is 3.65. The number of ether oxygens (including phenoxy) is 1. The average Bonchev–Trinajstić information content (AvgIpc) is 3.40. The van der Waals surface area contributed by atoms with Crippen LogP contribution >= 0.6 is 0 Å². The van der Waals surface area contributed by atoms with Crippen LogP contribution in [0, 0.1) is 11.7 Å². The molecule has 0 saturated carbocycles. The molecule has 1 saturated heterocycles. The van der Waals surface area contributed by atoms with E-state index in [0.717, 1.165) is 5.70 Å². The molecule has 0 bridgehead atoms. The number of halogens is 4. The molecule has 1 aliphatic rings. The first-order valence-electron chi connectivity index (χ1n) is 10.5. The lowest BCUT2D eigenvalue weighted by Gasteiger charge is -2.10. The minimum absolute atomic E-state index is 0.212. The zero-order valence-corrected chi connectivity index (χ0v) is 18.0. The lowest BCUT2D eigenvalue weighted by atomic mass is 10.1. The number of nitrogens with one attached hydrogen (secondary N) is 2. The summed E-state index contributed by atoms with van der Waals surface area (Å²) in [6, 6.07) is 14.1. The molecule has 1 aliphatic heterocycles. The van der Waals surface area contributed by atoms with Crippen molar-refractivity contribution in [2.45, 2.75) is 19.2 Å². The van der Waals surface area contributed by atoms with E-state index in [1.54, 1.807) is 42.5 Å². The summed E-state index contributed by atoms with van der Waals surface area (Å²) in [5.41, 5.74) is 3.08. The minimum atomic E-state index is -4.41. The summed E-state index contributed by atoms with van der Waals surface area (Å²) in [5.74, 6) is -0.610. The number of carbonyl (C=O) groups is 1. The third-order valence-corrected chi connectivity index (χ3v) is 5.25. The van der Waals surface area contributed by atoms with E-state index in [0.29, 0.717) is 41.3 Å². The summed E-state index contributed by atoms with van der Waals surface area (Å²) in [6.45, 7) is 2.74. The van der Waals surface area contributed by atoms with Crippen LogP contribution in [0.15, 0.2) is 66.9 Å². The third kappa shape index (κ3) is 5.82. The minimum Gasteiger partial charge on any atom is -0.388 e. The number of nitrogens with zero attached hydrogens (tertiary/aromatic N) is 2. The fraction of sp³-hybridized carbons (Fsp3) is 0.250. The van der Waals surface area contributed by atoms with Gasteiger partial charge in [-0.15, -0.1) is 5.10 Å². The third-order valence-electron chi connectivity index (χ3n) is 5.25. The summed E-state index contributed by atoms with van der Waals surface area (Å²) in [5, 5.41) is 10.3. The summed E-state index contributed by atoms with van der Waals surface area (Å²) < 4.78 is 57.0. The molecule has 4 rings (SSSR count). The largest absolute Gasteiger partial charge is 0.411 e. The molecule has 0 aliphatic carbocycles. The Morgan fingerprint density at radius 2 is 1.97 bits per heavy atom. The SMILES string of the molecule is C=C1C[C@H](C(=O)Nc2cc(-c3cccc(COCC(F)(F)F)c3)n(-c3ccc(F)cc3)n2)CN1. The normalized spacial score (nSPS) is 15.9. The van der Waals surface area contributed by atoms with Gasteiger partial charge in [0, 0.05) is 23.9 Å². The van der Waals surface area contributed by atoms with E-state index >= 15 is 0 Å². The Morgan fingerprint density at radius 3 is 2.65 bits per heavy atom. The number of carbonyl (C=O) groups excluding carboxylic acids is 1. The van der Waals surface area contributed by atoms with Crippen molar-refractivity contribution in [3.8, 4) is 16.9 Å². The molecule has 1 fully saturated rings. The first-order chi connectivity index (χ1) is 16.2. The number of aromatic nitrogens is 2. The summed E-state index contributed by atoms with van der Waals surface area (Å²) in [6.07, 6.45) is -3.88. The molecular weight excluding hydrogens is 452 g/mol. The zero-order chi connectivity index (χ0) is 24.3. The number of hydrogen-bond acceptors (Lipinski definition) is 4. The van der Waals surface area contributed by atoms with Gasteiger partial charge in [-0.05, 0) is 42.3 Å². The Balaban J connectivity index is 1.62. The number of anilines is 1. The van der Waals surface area contributed by atoms with Crippen LogP contribution in [0.3, 0.4) is 0 Å². The second kappa shape index (κ2) is 9.68. The number of allylic oxidation sites excluding steroid dienone is 1. The molecule has 1 aromatic heterocycles. The van der Waals surface area contributed by atoms with Crippen molar-refractivity contribution in [1.29, 1.82) is 0 Å². The van der Waals surface area contributed by atoms with E-state index in [1.165, 1.54) is 16.8 Å². The molecule has 10 heteroatoms. The molecule has 0 radical (unpaired) electrons. The van der Waals surface area contributed by atoms with Crippen molar-refractivity contribution in [2.75, 3.05) is 18.5 Å². The van der Waals surface area contributed by atoms with Crippen molar-refractivity contribution >= 4 is 11.7 Å². The molecule has 1 amide bonds. The van der Waals surface area contributed by atoms with Crippen LogP contribution in [-0.2, 0) is 16.1 Å².